The molecule has 3 nitrogen and oxygen atoms in total. The maximum atomic E-state index is 10.9. The third-order valence-corrected chi connectivity index (χ3v) is 6.18. The van der Waals surface area contributed by atoms with Gasteiger partial charge in [-0.15, -0.1) is 0 Å². The highest BCUT2D eigenvalue weighted by atomic mass is 16.5. The Morgan fingerprint density at radius 1 is 1.00 bits per heavy atom. The Hall–Kier alpha value is -1.84. The minimum absolute atomic E-state index is 0.332. The second kappa shape index (κ2) is 8.90. The number of ether oxygens (including phenoxy) is 1. The summed E-state index contributed by atoms with van der Waals surface area (Å²) in [6.45, 7) is 4.19. The second-order valence-electron chi connectivity index (χ2n) is 8.07. The van der Waals surface area contributed by atoms with Gasteiger partial charge in [-0.2, -0.15) is 0 Å². The quantitative estimate of drug-likeness (QED) is 0.803. The monoisotopic (exact) mass is 365 g/mol. The second-order valence-corrected chi connectivity index (χ2v) is 8.07. The van der Waals surface area contributed by atoms with Crippen molar-refractivity contribution in [2.45, 2.75) is 51.2 Å². The number of likely N-dealkylation sites (tertiary alicyclic amines) is 1. The van der Waals surface area contributed by atoms with Crippen molar-refractivity contribution in [3.8, 4) is 5.75 Å². The topological polar surface area (TPSA) is 32.7 Å². The lowest BCUT2D eigenvalue weighted by Crippen LogP contribution is -2.33. The van der Waals surface area contributed by atoms with Crippen LogP contribution in [0.5, 0.6) is 5.75 Å². The molecular weight excluding hydrogens is 334 g/mol. The molecule has 2 aromatic rings. The van der Waals surface area contributed by atoms with Crippen LogP contribution in [0.1, 0.15) is 54.9 Å². The number of benzene rings is 2. The van der Waals surface area contributed by atoms with Crippen LogP contribution < -0.4 is 4.74 Å². The summed E-state index contributed by atoms with van der Waals surface area (Å²) in [7, 11) is 0. The van der Waals surface area contributed by atoms with E-state index >= 15 is 0 Å². The standard InChI is InChI=1S/C24H31NO2/c26-24-20(13-16-25-14-5-2-6-15-25)9-10-21-17-22(11-12-23(21)24)27-18-19-7-3-1-4-8-19/h1,3-4,7-8,11-12,17,20,24,26H,2,5-6,9-10,13-16,18H2/t20-,24-/m1/s1. The fourth-order valence-electron chi connectivity index (χ4n) is 4.50. The fraction of sp³-hybridized carbons (Fsp3) is 0.500. The van der Waals surface area contributed by atoms with Gasteiger partial charge >= 0.3 is 0 Å². The van der Waals surface area contributed by atoms with Crippen LogP contribution in [0.15, 0.2) is 48.5 Å². The van der Waals surface area contributed by atoms with Crippen molar-refractivity contribution in [2.24, 2.45) is 5.92 Å². The Bertz CT molecular complexity index is 724. The number of aliphatic hydroxyl groups excluding tert-OH is 1. The molecule has 4 rings (SSSR count). The Balaban J connectivity index is 1.34. The summed E-state index contributed by atoms with van der Waals surface area (Å²) < 4.78 is 5.96. The summed E-state index contributed by atoms with van der Waals surface area (Å²) in [4.78, 5) is 2.58. The van der Waals surface area contributed by atoms with E-state index in [1.54, 1.807) is 0 Å². The van der Waals surface area contributed by atoms with Gasteiger partial charge in [-0.05, 0) is 86.5 Å². The molecule has 0 saturated carbocycles. The first-order valence-electron chi connectivity index (χ1n) is 10.5. The minimum atomic E-state index is -0.332. The first-order valence-corrected chi connectivity index (χ1v) is 10.5. The third-order valence-electron chi connectivity index (χ3n) is 6.18. The smallest absolute Gasteiger partial charge is 0.120 e. The number of piperidine rings is 1. The van der Waals surface area contributed by atoms with E-state index in [9.17, 15) is 5.11 Å². The molecule has 2 aliphatic rings. The predicted molar refractivity (Wildman–Crippen MR) is 109 cm³/mol. The van der Waals surface area contributed by atoms with E-state index < -0.39 is 0 Å². The van der Waals surface area contributed by atoms with E-state index in [0.717, 1.165) is 37.1 Å². The van der Waals surface area contributed by atoms with Gasteiger partial charge in [0.15, 0.2) is 0 Å². The molecule has 27 heavy (non-hydrogen) atoms. The highest BCUT2D eigenvalue weighted by molar-refractivity contribution is 5.39. The molecule has 2 aromatic carbocycles. The zero-order chi connectivity index (χ0) is 18.5. The predicted octanol–water partition coefficient (Wildman–Crippen LogP) is 4.74. The Morgan fingerprint density at radius 3 is 2.63 bits per heavy atom. The summed E-state index contributed by atoms with van der Waals surface area (Å²) in [5.41, 5.74) is 3.53. The van der Waals surface area contributed by atoms with Gasteiger partial charge in [0.2, 0.25) is 0 Å². The lowest BCUT2D eigenvalue weighted by Gasteiger charge is -2.33. The van der Waals surface area contributed by atoms with Crippen molar-refractivity contribution in [1.29, 1.82) is 0 Å². The van der Waals surface area contributed by atoms with Crippen molar-refractivity contribution in [3.05, 3.63) is 65.2 Å². The molecule has 144 valence electrons. The summed E-state index contributed by atoms with van der Waals surface area (Å²) in [5.74, 6) is 1.28. The van der Waals surface area contributed by atoms with Crippen LogP contribution in [-0.4, -0.2) is 29.6 Å². The molecular formula is C24H31NO2. The first kappa shape index (κ1) is 18.5. The molecule has 0 amide bonds. The Kier molecular flexibility index (Phi) is 6.10. The number of nitrogens with zero attached hydrogens (tertiary/aromatic N) is 1. The van der Waals surface area contributed by atoms with E-state index in [0.29, 0.717) is 12.5 Å². The third kappa shape index (κ3) is 4.72. The van der Waals surface area contributed by atoms with Gasteiger partial charge in [-0.3, -0.25) is 0 Å². The zero-order valence-electron chi connectivity index (χ0n) is 16.1. The van der Waals surface area contributed by atoms with Gasteiger partial charge in [0.25, 0.3) is 0 Å². The van der Waals surface area contributed by atoms with Gasteiger partial charge in [0.05, 0.1) is 6.10 Å². The number of aryl methyl sites for hydroxylation is 1. The summed E-state index contributed by atoms with van der Waals surface area (Å²) in [5, 5.41) is 10.9. The Morgan fingerprint density at radius 2 is 1.81 bits per heavy atom. The molecule has 1 heterocycles. The highest BCUT2D eigenvalue weighted by Gasteiger charge is 2.28. The van der Waals surface area contributed by atoms with E-state index in [2.05, 4.69) is 29.2 Å². The zero-order valence-corrected chi connectivity index (χ0v) is 16.1. The van der Waals surface area contributed by atoms with E-state index in [1.807, 2.05) is 24.3 Å². The molecule has 0 bridgehead atoms. The molecule has 1 aliphatic carbocycles. The van der Waals surface area contributed by atoms with Gasteiger partial charge in [0, 0.05) is 0 Å². The number of fused-ring (bicyclic) bond motifs is 1. The number of hydrogen-bond donors (Lipinski definition) is 1. The molecule has 0 spiro atoms. The number of aliphatic hydroxyl groups is 1. The molecule has 1 N–H and O–H groups in total. The summed E-state index contributed by atoms with van der Waals surface area (Å²) in [6.07, 6.45) is 6.94. The SMILES string of the molecule is O[C@H]1c2ccc(OCc3ccccc3)cc2CC[C@@H]1CCN1CCCCC1. The van der Waals surface area contributed by atoms with Crippen molar-refractivity contribution in [2.75, 3.05) is 19.6 Å². The van der Waals surface area contributed by atoms with E-state index in [-0.39, 0.29) is 6.10 Å². The highest BCUT2D eigenvalue weighted by Crippen LogP contribution is 2.38. The first-order chi connectivity index (χ1) is 13.3. The Labute approximate surface area is 163 Å². The molecule has 1 fully saturated rings. The average molecular weight is 366 g/mol. The van der Waals surface area contributed by atoms with Crippen LogP contribution in [0, 0.1) is 5.92 Å². The van der Waals surface area contributed by atoms with Crippen LogP contribution in [0.3, 0.4) is 0 Å². The number of rotatable bonds is 6. The van der Waals surface area contributed by atoms with Crippen molar-refractivity contribution < 1.29 is 9.84 Å². The van der Waals surface area contributed by atoms with Gasteiger partial charge < -0.3 is 14.7 Å². The van der Waals surface area contributed by atoms with Crippen LogP contribution >= 0.6 is 0 Å². The van der Waals surface area contributed by atoms with Crippen LogP contribution in [0.2, 0.25) is 0 Å². The molecule has 2 atom stereocenters. The largest absolute Gasteiger partial charge is 0.489 e. The van der Waals surface area contributed by atoms with E-state index in [1.165, 1.54) is 43.5 Å². The minimum Gasteiger partial charge on any atom is -0.489 e. The lowest BCUT2D eigenvalue weighted by atomic mass is 9.79. The normalized spacial score (nSPS) is 23.0. The maximum absolute atomic E-state index is 10.9. The van der Waals surface area contributed by atoms with Gasteiger partial charge in [-0.1, -0.05) is 42.8 Å². The van der Waals surface area contributed by atoms with Crippen LogP contribution in [-0.2, 0) is 13.0 Å². The molecule has 1 aliphatic heterocycles. The van der Waals surface area contributed by atoms with Gasteiger partial charge in [0.1, 0.15) is 12.4 Å². The van der Waals surface area contributed by atoms with Crippen LogP contribution in [0.4, 0.5) is 0 Å². The molecule has 1 saturated heterocycles. The van der Waals surface area contributed by atoms with Gasteiger partial charge in [-0.25, -0.2) is 0 Å². The maximum Gasteiger partial charge on any atom is 0.120 e. The lowest BCUT2D eigenvalue weighted by molar-refractivity contribution is 0.0779. The number of hydrogen-bond acceptors (Lipinski definition) is 3. The summed E-state index contributed by atoms with van der Waals surface area (Å²) in [6, 6.07) is 16.5. The average Bonchev–Trinajstić information content (AvgIpc) is 2.73. The molecule has 0 aromatic heterocycles. The van der Waals surface area contributed by atoms with E-state index in [4.69, 9.17) is 4.74 Å². The van der Waals surface area contributed by atoms with Crippen molar-refractivity contribution >= 4 is 0 Å². The fourth-order valence-corrected chi connectivity index (χ4v) is 4.50. The van der Waals surface area contributed by atoms with Crippen molar-refractivity contribution in [1.82, 2.24) is 4.90 Å². The molecule has 0 radical (unpaired) electrons. The molecule has 3 heteroatoms. The summed E-state index contributed by atoms with van der Waals surface area (Å²) >= 11 is 0. The molecule has 0 unspecified atom stereocenters. The van der Waals surface area contributed by atoms with Crippen molar-refractivity contribution in [3.63, 3.8) is 0 Å². The van der Waals surface area contributed by atoms with Crippen LogP contribution in [0.25, 0.3) is 0 Å².